The highest BCUT2D eigenvalue weighted by molar-refractivity contribution is 9.10. The largest absolute Gasteiger partial charge is 0.493 e. The molecule has 0 spiro atoms. The van der Waals surface area contributed by atoms with Gasteiger partial charge in [0.25, 0.3) is 0 Å². The van der Waals surface area contributed by atoms with Gasteiger partial charge in [0.15, 0.2) is 23.1 Å². The Labute approximate surface area is 268 Å². The summed E-state index contributed by atoms with van der Waals surface area (Å²) in [5.74, 6) is 0.828. The van der Waals surface area contributed by atoms with Crippen LogP contribution in [-0.4, -0.2) is 43.8 Å². The normalized spacial score (nSPS) is 19.9. The quantitative estimate of drug-likeness (QED) is 0.250. The van der Waals surface area contributed by atoms with Crippen LogP contribution in [0.5, 0.6) is 11.5 Å². The van der Waals surface area contributed by atoms with Gasteiger partial charge in [0, 0.05) is 66.6 Å². The zero-order valence-corrected chi connectivity index (χ0v) is 28.3. The van der Waals surface area contributed by atoms with Gasteiger partial charge in [-0.2, -0.15) is 0 Å². The fourth-order valence-electron chi connectivity index (χ4n) is 6.85. The summed E-state index contributed by atoms with van der Waals surface area (Å²) < 4.78 is 18.1. The van der Waals surface area contributed by atoms with E-state index in [2.05, 4.69) is 48.5 Å². The summed E-state index contributed by atoms with van der Waals surface area (Å²) in [6.07, 6.45) is 3.21. The Balaban J connectivity index is 1.64. The first-order valence-electron chi connectivity index (χ1n) is 14.9. The number of rotatable bonds is 9. The lowest BCUT2D eigenvalue weighted by molar-refractivity contribution is -0.119. The lowest BCUT2D eigenvalue weighted by atomic mass is 9.63. The van der Waals surface area contributed by atoms with Crippen LogP contribution >= 0.6 is 27.5 Å². The van der Waals surface area contributed by atoms with E-state index in [1.807, 2.05) is 36.4 Å². The average Bonchev–Trinajstić information content (AvgIpc) is 2.91. The number of ether oxygens (including phenoxy) is 3. The molecule has 0 fully saturated rings. The third kappa shape index (κ3) is 6.59. The zero-order chi connectivity index (χ0) is 31.1. The topological polar surface area (TPSA) is 65.1 Å². The number of nitrogens with zero attached hydrogens (tertiary/aromatic N) is 1. The molecule has 230 valence electrons. The van der Waals surface area contributed by atoms with Gasteiger partial charge in [-0.05, 0) is 81.4 Å². The molecule has 2 aliphatic carbocycles. The van der Waals surface area contributed by atoms with Crippen LogP contribution in [0, 0.1) is 10.8 Å². The molecule has 43 heavy (non-hydrogen) atoms. The summed E-state index contributed by atoms with van der Waals surface area (Å²) in [5.41, 5.74) is 4.99. The summed E-state index contributed by atoms with van der Waals surface area (Å²) in [4.78, 5) is 30.5. The summed E-state index contributed by atoms with van der Waals surface area (Å²) in [5, 5.41) is 0.643. The number of Topliss-reactive ketones (excluding diaryl/α,β-unsaturated/α-hetero) is 2. The van der Waals surface area contributed by atoms with Crippen molar-refractivity contribution >= 4 is 39.1 Å². The van der Waals surface area contributed by atoms with Crippen LogP contribution < -0.4 is 9.47 Å². The second-order valence-corrected chi connectivity index (χ2v) is 14.8. The number of hydrogen-bond acceptors (Lipinski definition) is 6. The number of carbonyl (C=O) groups excluding carboxylic acids is 2. The smallest absolute Gasteiger partial charge is 0.175 e. The van der Waals surface area contributed by atoms with Crippen molar-refractivity contribution in [3.05, 3.63) is 79.6 Å². The molecule has 0 bridgehead atoms. The highest BCUT2D eigenvalue weighted by Gasteiger charge is 2.49. The molecule has 5 rings (SSSR count). The van der Waals surface area contributed by atoms with E-state index in [0.29, 0.717) is 53.6 Å². The van der Waals surface area contributed by atoms with Crippen molar-refractivity contribution < 1.29 is 23.8 Å². The second-order valence-electron chi connectivity index (χ2n) is 13.5. The Bertz CT molecular complexity index is 1450. The number of halogens is 2. The van der Waals surface area contributed by atoms with Crippen molar-refractivity contribution in [3.63, 3.8) is 0 Å². The van der Waals surface area contributed by atoms with Gasteiger partial charge in [0.05, 0.1) is 11.6 Å². The molecule has 2 aromatic carbocycles. The van der Waals surface area contributed by atoms with E-state index < -0.39 is 5.92 Å². The number of methoxy groups -OCH3 is 2. The molecule has 0 saturated heterocycles. The minimum absolute atomic E-state index is 0.105. The van der Waals surface area contributed by atoms with Crippen molar-refractivity contribution in [3.8, 4) is 11.5 Å². The fraction of sp³-hybridized carbons (Fsp3) is 0.486. The Hall–Kier alpha value is -2.61. The van der Waals surface area contributed by atoms with Crippen LogP contribution in [0.4, 0.5) is 0 Å². The molecular formula is C35H41BrClNO5. The first kappa shape index (κ1) is 31.8. The van der Waals surface area contributed by atoms with Gasteiger partial charge in [0.2, 0.25) is 0 Å². The Morgan fingerprint density at radius 2 is 1.56 bits per heavy atom. The van der Waals surface area contributed by atoms with E-state index in [1.54, 1.807) is 14.2 Å². The third-order valence-corrected chi connectivity index (χ3v) is 9.43. The lowest BCUT2D eigenvalue weighted by Crippen LogP contribution is -2.44. The van der Waals surface area contributed by atoms with E-state index in [-0.39, 0.29) is 22.4 Å². The van der Waals surface area contributed by atoms with Gasteiger partial charge < -0.3 is 19.1 Å². The summed E-state index contributed by atoms with van der Waals surface area (Å²) in [7, 11) is 3.31. The Kier molecular flexibility index (Phi) is 9.18. The molecule has 2 aromatic rings. The maximum atomic E-state index is 14.1. The first-order chi connectivity index (χ1) is 20.3. The van der Waals surface area contributed by atoms with Gasteiger partial charge in [-0.25, -0.2) is 0 Å². The molecule has 3 aliphatic rings. The molecule has 6 nitrogen and oxygen atoms in total. The van der Waals surface area contributed by atoms with E-state index >= 15 is 0 Å². The Morgan fingerprint density at radius 3 is 2.12 bits per heavy atom. The summed E-state index contributed by atoms with van der Waals surface area (Å²) in [6.45, 7) is 10.2. The van der Waals surface area contributed by atoms with Crippen molar-refractivity contribution in [2.24, 2.45) is 10.8 Å². The summed E-state index contributed by atoms with van der Waals surface area (Å²) >= 11 is 9.91. The van der Waals surface area contributed by atoms with Crippen molar-refractivity contribution in [1.82, 2.24) is 4.90 Å². The predicted octanol–water partition coefficient (Wildman–Crippen LogP) is 8.41. The van der Waals surface area contributed by atoms with Gasteiger partial charge >= 0.3 is 0 Å². The molecule has 0 amide bonds. The van der Waals surface area contributed by atoms with Crippen LogP contribution in [0.15, 0.2) is 63.4 Å². The minimum atomic E-state index is -0.469. The minimum Gasteiger partial charge on any atom is -0.493 e. The fourth-order valence-corrected chi connectivity index (χ4v) is 7.63. The number of allylic oxidation sites excluding steroid dienone is 4. The van der Waals surface area contributed by atoms with Crippen molar-refractivity contribution in [2.75, 3.05) is 27.4 Å². The highest BCUT2D eigenvalue weighted by Crippen LogP contribution is 2.55. The molecule has 0 N–H and O–H groups in total. The molecule has 0 unspecified atom stereocenters. The zero-order valence-electron chi connectivity index (χ0n) is 25.9. The maximum Gasteiger partial charge on any atom is 0.175 e. The Morgan fingerprint density at radius 1 is 0.930 bits per heavy atom. The number of benzene rings is 2. The SMILES string of the molecule is COCCCN1C2=C(C(=O)CC(C)(C)C2)C(c2cc(Br)c(OCc3cccc(Cl)c3)c(OC)c2)C2=C1CC(C)(C)CC2=O. The molecule has 8 heteroatoms. The van der Waals surface area contributed by atoms with Gasteiger partial charge in [-0.15, -0.1) is 0 Å². The molecular weight excluding hydrogens is 630 g/mol. The van der Waals surface area contributed by atoms with Crippen LogP contribution in [0.3, 0.4) is 0 Å². The molecule has 0 saturated carbocycles. The van der Waals surface area contributed by atoms with Crippen LogP contribution in [0.25, 0.3) is 0 Å². The molecule has 1 heterocycles. The monoisotopic (exact) mass is 669 g/mol. The van der Waals surface area contributed by atoms with Gasteiger partial charge in [0.1, 0.15) is 6.61 Å². The van der Waals surface area contributed by atoms with Crippen molar-refractivity contribution in [1.29, 1.82) is 0 Å². The summed E-state index contributed by atoms with van der Waals surface area (Å²) in [6, 6.07) is 11.4. The molecule has 0 atom stereocenters. The van der Waals surface area contributed by atoms with Crippen molar-refractivity contribution in [2.45, 2.75) is 72.3 Å². The third-order valence-electron chi connectivity index (χ3n) is 8.61. The van der Waals surface area contributed by atoms with E-state index in [0.717, 1.165) is 52.9 Å². The first-order valence-corrected chi connectivity index (χ1v) is 16.0. The predicted molar refractivity (Wildman–Crippen MR) is 173 cm³/mol. The van der Waals surface area contributed by atoms with E-state index in [4.69, 9.17) is 25.8 Å². The second kappa shape index (κ2) is 12.4. The number of ketones is 2. The standard InChI is InChI=1S/C35H41BrClNO5/c1-34(2)16-25-31(27(39)18-34)30(32-26(38(25)11-8-12-41-5)17-35(3,4)19-28(32)40)22-14-24(36)33(29(15-22)42-6)43-20-21-9-7-10-23(37)13-21/h7,9-10,13-15,30H,8,11-12,16-20H2,1-6H3. The molecule has 0 radical (unpaired) electrons. The lowest BCUT2D eigenvalue weighted by Gasteiger charge is -2.49. The molecule has 0 aromatic heterocycles. The van der Waals surface area contributed by atoms with Crippen LogP contribution in [0.1, 0.15) is 76.8 Å². The highest BCUT2D eigenvalue weighted by atomic mass is 79.9. The van der Waals surface area contributed by atoms with Crippen LogP contribution in [-0.2, 0) is 20.9 Å². The van der Waals surface area contributed by atoms with Gasteiger partial charge in [-0.1, -0.05) is 51.4 Å². The molecule has 1 aliphatic heterocycles. The van der Waals surface area contributed by atoms with E-state index in [1.165, 1.54) is 0 Å². The number of carbonyl (C=O) groups is 2. The van der Waals surface area contributed by atoms with Crippen LogP contribution in [0.2, 0.25) is 5.02 Å². The van der Waals surface area contributed by atoms with E-state index in [9.17, 15) is 9.59 Å². The van der Waals surface area contributed by atoms with Gasteiger partial charge in [-0.3, -0.25) is 9.59 Å². The number of hydrogen-bond donors (Lipinski definition) is 0. The maximum absolute atomic E-state index is 14.1. The average molecular weight is 671 g/mol.